The Balaban J connectivity index is 2.52. The lowest BCUT2D eigenvalue weighted by atomic mass is 9.81. The monoisotopic (exact) mass is 217 g/mol. The molecule has 3 heteroatoms. The predicted molar refractivity (Wildman–Crippen MR) is 60.0 cm³/mol. The number of nitrogens with zero attached hydrogens (tertiary/aromatic N) is 1. The van der Waals surface area contributed by atoms with Crippen molar-refractivity contribution < 1.29 is 9.84 Å². The van der Waals surface area contributed by atoms with E-state index in [1.165, 1.54) is 0 Å². The predicted octanol–water partition coefficient (Wildman–Crippen LogP) is 2.40. The van der Waals surface area contributed by atoms with Gasteiger partial charge in [0.1, 0.15) is 11.4 Å². The molecule has 0 amide bonds. The summed E-state index contributed by atoms with van der Waals surface area (Å²) in [6, 6.07) is 7.23. The smallest absolute Gasteiger partial charge is 0.126 e. The van der Waals surface area contributed by atoms with Gasteiger partial charge >= 0.3 is 0 Å². The lowest BCUT2D eigenvalue weighted by Gasteiger charge is -2.41. The van der Waals surface area contributed by atoms with Crippen molar-refractivity contribution in [1.82, 2.24) is 0 Å². The molecule has 0 fully saturated rings. The van der Waals surface area contributed by atoms with Gasteiger partial charge in [0, 0.05) is 11.5 Å². The molecule has 0 radical (unpaired) electrons. The number of rotatable bonds is 0. The van der Waals surface area contributed by atoms with Crippen molar-refractivity contribution in [2.24, 2.45) is 5.92 Å². The fourth-order valence-electron chi connectivity index (χ4n) is 1.97. The van der Waals surface area contributed by atoms with Crippen LogP contribution in [-0.2, 0) is 0 Å². The highest BCUT2D eigenvalue weighted by molar-refractivity contribution is 5.45. The third-order valence-electron chi connectivity index (χ3n) is 3.40. The highest BCUT2D eigenvalue weighted by atomic mass is 16.5. The number of aliphatic hydroxyl groups excluding tert-OH is 1. The molecule has 0 saturated carbocycles. The van der Waals surface area contributed by atoms with E-state index >= 15 is 0 Å². The first-order valence-corrected chi connectivity index (χ1v) is 5.37. The van der Waals surface area contributed by atoms with Crippen LogP contribution >= 0.6 is 0 Å². The molecule has 2 atom stereocenters. The van der Waals surface area contributed by atoms with E-state index < -0.39 is 6.10 Å². The molecular formula is C13H15NO2. The Labute approximate surface area is 95.3 Å². The van der Waals surface area contributed by atoms with E-state index in [2.05, 4.69) is 6.07 Å². The van der Waals surface area contributed by atoms with Gasteiger partial charge in [0.2, 0.25) is 0 Å². The Bertz CT molecular complexity index is 459. The quantitative estimate of drug-likeness (QED) is 0.726. The molecule has 1 aromatic carbocycles. The van der Waals surface area contributed by atoms with Crippen LogP contribution in [0.4, 0.5) is 0 Å². The second kappa shape index (κ2) is 3.50. The van der Waals surface area contributed by atoms with Crippen LogP contribution in [-0.4, -0.2) is 10.7 Å². The van der Waals surface area contributed by atoms with E-state index in [0.717, 1.165) is 0 Å². The maximum Gasteiger partial charge on any atom is 0.126 e. The molecule has 3 nitrogen and oxygen atoms in total. The third-order valence-corrected chi connectivity index (χ3v) is 3.40. The van der Waals surface area contributed by atoms with E-state index in [1.54, 1.807) is 18.2 Å². The van der Waals surface area contributed by atoms with Gasteiger partial charge in [0.25, 0.3) is 0 Å². The van der Waals surface area contributed by atoms with Gasteiger partial charge < -0.3 is 9.84 Å². The first kappa shape index (κ1) is 11.0. The summed E-state index contributed by atoms with van der Waals surface area (Å²) in [4.78, 5) is 0. The zero-order valence-electron chi connectivity index (χ0n) is 9.69. The van der Waals surface area contributed by atoms with Crippen molar-refractivity contribution >= 4 is 0 Å². The number of nitriles is 1. The maximum atomic E-state index is 10.2. The zero-order valence-corrected chi connectivity index (χ0v) is 9.69. The second-order valence-electron chi connectivity index (χ2n) is 4.80. The van der Waals surface area contributed by atoms with E-state index in [9.17, 15) is 5.11 Å². The number of hydrogen-bond acceptors (Lipinski definition) is 3. The molecule has 0 aliphatic carbocycles. The summed E-state index contributed by atoms with van der Waals surface area (Å²) >= 11 is 0. The summed E-state index contributed by atoms with van der Waals surface area (Å²) in [5, 5.41) is 19.0. The van der Waals surface area contributed by atoms with Gasteiger partial charge in [-0.05, 0) is 32.0 Å². The van der Waals surface area contributed by atoms with Crippen LogP contribution in [0.15, 0.2) is 18.2 Å². The largest absolute Gasteiger partial charge is 0.487 e. The van der Waals surface area contributed by atoms with Crippen LogP contribution in [0, 0.1) is 17.2 Å². The molecule has 16 heavy (non-hydrogen) atoms. The standard InChI is InChI=1S/C13H15NO2/c1-8-12(15)10-6-9(7-14)4-5-11(10)16-13(8,2)3/h4-6,8,12,15H,1-3H3. The van der Waals surface area contributed by atoms with Gasteiger partial charge in [-0.25, -0.2) is 0 Å². The first-order valence-electron chi connectivity index (χ1n) is 5.37. The Morgan fingerprint density at radius 1 is 1.44 bits per heavy atom. The molecule has 1 aliphatic rings. The van der Waals surface area contributed by atoms with Crippen molar-refractivity contribution in [1.29, 1.82) is 5.26 Å². The van der Waals surface area contributed by atoms with Crippen LogP contribution in [0.3, 0.4) is 0 Å². The zero-order chi connectivity index (χ0) is 11.9. The third kappa shape index (κ3) is 1.56. The fourth-order valence-corrected chi connectivity index (χ4v) is 1.97. The molecule has 1 aliphatic heterocycles. The number of benzene rings is 1. The van der Waals surface area contributed by atoms with Gasteiger partial charge in [0.05, 0.1) is 17.7 Å². The topological polar surface area (TPSA) is 53.2 Å². The fraction of sp³-hybridized carbons (Fsp3) is 0.462. The lowest BCUT2D eigenvalue weighted by Crippen LogP contribution is -2.43. The molecule has 0 bridgehead atoms. The molecule has 2 rings (SSSR count). The number of aliphatic hydroxyl groups is 1. The minimum Gasteiger partial charge on any atom is -0.487 e. The summed E-state index contributed by atoms with van der Waals surface area (Å²) < 4.78 is 5.83. The molecule has 0 saturated heterocycles. The van der Waals surface area contributed by atoms with Gasteiger partial charge in [-0.2, -0.15) is 5.26 Å². The van der Waals surface area contributed by atoms with Gasteiger partial charge in [0.15, 0.2) is 0 Å². The summed E-state index contributed by atoms with van der Waals surface area (Å²) in [6.45, 7) is 5.87. The summed E-state index contributed by atoms with van der Waals surface area (Å²) in [6.07, 6.45) is -0.577. The normalized spacial score (nSPS) is 26.4. The van der Waals surface area contributed by atoms with E-state index in [1.807, 2.05) is 20.8 Å². The van der Waals surface area contributed by atoms with Crippen molar-refractivity contribution in [3.8, 4) is 11.8 Å². The molecule has 1 N–H and O–H groups in total. The van der Waals surface area contributed by atoms with E-state index in [0.29, 0.717) is 16.9 Å². The minimum atomic E-state index is -0.577. The Kier molecular flexibility index (Phi) is 2.40. The Hall–Kier alpha value is -1.53. The average molecular weight is 217 g/mol. The SMILES string of the molecule is CC1C(O)c2cc(C#N)ccc2OC1(C)C. The highest BCUT2D eigenvalue weighted by Crippen LogP contribution is 2.43. The molecule has 1 heterocycles. The van der Waals surface area contributed by atoms with E-state index in [-0.39, 0.29) is 11.5 Å². The van der Waals surface area contributed by atoms with Crippen LogP contribution < -0.4 is 4.74 Å². The Morgan fingerprint density at radius 3 is 2.75 bits per heavy atom. The molecule has 0 aromatic heterocycles. The molecular weight excluding hydrogens is 202 g/mol. The average Bonchev–Trinajstić information content (AvgIpc) is 2.25. The van der Waals surface area contributed by atoms with E-state index in [4.69, 9.17) is 10.00 Å². The van der Waals surface area contributed by atoms with Crippen LogP contribution in [0.25, 0.3) is 0 Å². The maximum absolute atomic E-state index is 10.2. The summed E-state index contributed by atoms with van der Waals surface area (Å²) in [5.41, 5.74) is 0.875. The van der Waals surface area contributed by atoms with Gasteiger partial charge in [-0.1, -0.05) is 6.92 Å². The van der Waals surface area contributed by atoms with Crippen LogP contribution in [0.2, 0.25) is 0 Å². The van der Waals surface area contributed by atoms with Crippen molar-refractivity contribution in [3.63, 3.8) is 0 Å². The first-order chi connectivity index (χ1) is 7.45. The molecule has 2 unspecified atom stereocenters. The minimum absolute atomic E-state index is 0.00561. The number of ether oxygens (including phenoxy) is 1. The lowest BCUT2D eigenvalue weighted by molar-refractivity contribution is -0.0448. The number of hydrogen-bond donors (Lipinski definition) is 1. The number of fused-ring (bicyclic) bond motifs is 1. The summed E-state index contributed by atoms with van der Waals surface area (Å²) in [7, 11) is 0. The Morgan fingerprint density at radius 2 is 2.12 bits per heavy atom. The summed E-state index contributed by atoms with van der Waals surface area (Å²) in [5.74, 6) is 0.670. The van der Waals surface area contributed by atoms with Crippen molar-refractivity contribution in [3.05, 3.63) is 29.3 Å². The second-order valence-corrected chi connectivity index (χ2v) is 4.80. The van der Waals surface area contributed by atoms with Crippen molar-refractivity contribution in [2.45, 2.75) is 32.5 Å². The van der Waals surface area contributed by atoms with Crippen LogP contribution in [0.5, 0.6) is 5.75 Å². The van der Waals surface area contributed by atoms with Gasteiger partial charge in [-0.15, -0.1) is 0 Å². The molecule has 1 aromatic rings. The molecule has 84 valence electrons. The highest BCUT2D eigenvalue weighted by Gasteiger charge is 2.40. The molecule has 0 spiro atoms. The van der Waals surface area contributed by atoms with Crippen molar-refractivity contribution in [2.75, 3.05) is 0 Å². The van der Waals surface area contributed by atoms with Crippen LogP contribution in [0.1, 0.15) is 38.0 Å². The van der Waals surface area contributed by atoms with Gasteiger partial charge in [-0.3, -0.25) is 0 Å².